The molecule has 1 amide bonds. The molecule has 0 unspecified atom stereocenters. The average molecular weight is 453 g/mol. The lowest BCUT2D eigenvalue weighted by molar-refractivity contribution is -0.129. The molecule has 0 saturated heterocycles. The van der Waals surface area contributed by atoms with Crippen molar-refractivity contribution in [1.82, 2.24) is 20.3 Å². The van der Waals surface area contributed by atoms with E-state index in [-0.39, 0.29) is 12.0 Å². The number of carbonyl (C=O) groups excluding carboxylic acids is 1. The highest BCUT2D eigenvalue weighted by Gasteiger charge is 2.25. The van der Waals surface area contributed by atoms with Gasteiger partial charge >= 0.3 is 5.97 Å². The maximum atomic E-state index is 14.1. The zero-order chi connectivity index (χ0) is 23.7. The zero-order valence-corrected chi connectivity index (χ0v) is 18.2. The summed E-state index contributed by atoms with van der Waals surface area (Å²) in [4.78, 5) is 35.6. The first-order chi connectivity index (χ1) is 15.7. The predicted octanol–water partition coefficient (Wildman–Crippen LogP) is 3.47. The van der Waals surface area contributed by atoms with Crippen molar-refractivity contribution in [3.63, 3.8) is 0 Å². The van der Waals surface area contributed by atoms with Crippen LogP contribution in [0.5, 0.6) is 5.75 Å². The van der Waals surface area contributed by atoms with Crippen molar-refractivity contribution >= 4 is 28.6 Å². The summed E-state index contributed by atoms with van der Waals surface area (Å²) in [7, 11) is 0. The quantitative estimate of drug-likeness (QED) is 0.366. The van der Waals surface area contributed by atoms with Crippen LogP contribution >= 0.6 is 0 Å². The van der Waals surface area contributed by atoms with Crippen LogP contribution in [0.15, 0.2) is 24.5 Å². The minimum Gasteiger partial charge on any atom is -0.493 e. The summed E-state index contributed by atoms with van der Waals surface area (Å²) in [6, 6.07) is 3.68. The van der Waals surface area contributed by atoms with Crippen LogP contribution in [0.3, 0.4) is 0 Å². The highest BCUT2D eigenvalue weighted by Crippen LogP contribution is 2.36. The van der Waals surface area contributed by atoms with Gasteiger partial charge in [0.1, 0.15) is 34.8 Å². The Morgan fingerprint density at radius 3 is 2.82 bits per heavy atom. The fourth-order valence-electron chi connectivity index (χ4n) is 3.65. The summed E-state index contributed by atoms with van der Waals surface area (Å²) >= 11 is 0. The maximum Gasteiger partial charge on any atom is 0.349 e. The van der Waals surface area contributed by atoms with E-state index < -0.39 is 29.4 Å². The second-order valence-corrected chi connectivity index (χ2v) is 8.33. The van der Waals surface area contributed by atoms with Gasteiger partial charge in [-0.2, -0.15) is 0 Å². The fraction of sp³-hybridized carbons (Fsp3) is 0.348. The van der Waals surface area contributed by atoms with Crippen molar-refractivity contribution in [2.24, 2.45) is 5.92 Å². The van der Waals surface area contributed by atoms with Crippen LogP contribution in [0, 0.1) is 24.1 Å². The molecule has 2 heterocycles. The van der Waals surface area contributed by atoms with Crippen molar-refractivity contribution < 1.29 is 23.8 Å². The van der Waals surface area contributed by atoms with Gasteiger partial charge in [0.15, 0.2) is 0 Å². The van der Waals surface area contributed by atoms with E-state index in [4.69, 9.17) is 15.3 Å². The van der Waals surface area contributed by atoms with E-state index in [1.54, 1.807) is 19.9 Å². The van der Waals surface area contributed by atoms with Gasteiger partial charge in [-0.25, -0.2) is 19.2 Å². The zero-order valence-electron chi connectivity index (χ0n) is 18.2. The molecule has 1 saturated carbocycles. The van der Waals surface area contributed by atoms with Crippen molar-refractivity contribution in [3.8, 4) is 17.0 Å². The summed E-state index contributed by atoms with van der Waals surface area (Å²) in [5.41, 5.74) is 2.00. The molecule has 0 spiro atoms. The number of hydrogen-bond donors (Lipinski definition) is 4. The monoisotopic (exact) mass is 453 g/mol. The van der Waals surface area contributed by atoms with Crippen LogP contribution in [0.4, 0.5) is 4.39 Å². The summed E-state index contributed by atoms with van der Waals surface area (Å²) in [5, 5.41) is 19.1. The Morgan fingerprint density at radius 1 is 1.36 bits per heavy atom. The first-order valence-electron chi connectivity index (χ1n) is 10.6. The number of nitrogens with zero attached hydrogens (tertiary/aromatic N) is 2. The van der Waals surface area contributed by atoms with Gasteiger partial charge in [-0.1, -0.05) is 0 Å². The number of rotatable bonds is 9. The molecule has 1 fully saturated rings. The number of aromatic amines is 1. The van der Waals surface area contributed by atoms with Crippen LogP contribution in [-0.4, -0.2) is 50.3 Å². The number of hydrogen-bond acceptors (Lipinski definition) is 6. The second-order valence-electron chi connectivity index (χ2n) is 8.33. The number of fused-ring (bicyclic) bond motifs is 1. The molecule has 4 N–H and O–H groups in total. The number of H-pyrrole nitrogens is 1. The van der Waals surface area contributed by atoms with E-state index >= 15 is 0 Å². The van der Waals surface area contributed by atoms with Crippen molar-refractivity contribution in [1.29, 1.82) is 5.41 Å². The Hall–Kier alpha value is -3.82. The molecule has 33 heavy (non-hydrogen) atoms. The van der Waals surface area contributed by atoms with Gasteiger partial charge in [0.05, 0.1) is 17.7 Å². The highest BCUT2D eigenvalue weighted by molar-refractivity contribution is 6.34. The first-order valence-corrected chi connectivity index (χ1v) is 10.6. The summed E-state index contributed by atoms with van der Waals surface area (Å²) < 4.78 is 20.1. The molecule has 1 aromatic carbocycles. The molecule has 4 rings (SSSR count). The van der Waals surface area contributed by atoms with Crippen LogP contribution in [-0.2, 0) is 4.79 Å². The molecule has 0 radical (unpaired) electrons. The molecule has 10 heteroatoms. The third kappa shape index (κ3) is 4.84. The van der Waals surface area contributed by atoms with E-state index in [1.807, 2.05) is 0 Å². The van der Waals surface area contributed by atoms with E-state index in [1.165, 1.54) is 18.5 Å². The molecule has 1 aliphatic carbocycles. The molecular formula is C23H24FN5O4. The molecule has 2 aromatic heterocycles. The van der Waals surface area contributed by atoms with E-state index in [0.29, 0.717) is 46.3 Å². The largest absolute Gasteiger partial charge is 0.493 e. The first kappa shape index (κ1) is 22.4. The van der Waals surface area contributed by atoms with E-state index in [0.717, 1.165) is 12.8 Å². The van der Waals surface area contributed by atoms with Gasteiger partial charge in [-0.15, -0.1) is 0 Å². The third-order valence-corrected chi connectivity index (χ3v) is 5.51. The molecule has 0 aliphatic heterocycles. The minimum absolute atomic E-state index is 0.117. The number of amides is 1. The van der Waals surface area contributed by atoms with Gasteiger partial charge in [0.25, 0.3) is 5.91 Å². The lowest BCUT2D eigenvalue weighted by Crippen LogP contribution is -2.35. The van der Waals surface area contributed by atoms with Crippen LogP contribution in [0.2, 0.25) is 0 Å². The number of aryl methyl sites for hydroxylation is 1. The van der Waals surface area contributed by atoms with Crippen LogP contribution in [0.25, 0.3) is 22.3 Å². The van der Waals surface area contributed by atoms with Crippen LogP contribution < -0.4 is 10.1 Å². The predicted molar refractivity (Wildman–Crippen MR) is 119 cm³/mol. The van der Waals surface area contributed by atoms with Crippen molar-refractivity contribution in [3.05, 3.63) is 41.6 Å². The van der Waals surface area contributed by atoms with Crippen molar-refractivity contribution in [2.75, 3.05) is 6.61 Å². The summed E-state index contributed by atoms with van der Waals surface area (Å²) in [6.07, 6.45) is 3.43. The Balaban J connectivity index is 1.68. The Kier molecular flexibility index (Phi) is 6.08. The number of nitrogens with one attached hydrogen (secondary N) is 3. The number of benzene rings is 1. The lowest BCUT2D eigenvalue weighted by atomic mass is 10.1. The number of aliphatic carboxylic acids is 1. The van der Waals surface area contributed by atoms with Crippen molar-refractivity contribution in [2.45, 2.75) is 39.2 Å². The van der Waals surface area contributed by atoms with Gasteiger partial charge < -0.3 is 20.1 Å². The average Bonchev–Trinajstić information content (AvgIpc) is 3.52. The third-order valence-electron chi connectivity index (χ3n) is 5.51. The standard InChI is InChI=1S/C23H24FN5O4/c1-11(7-16(25)23(31)32)28-22(30)18-12(2)29-21-19(26-10-27-20(18)21)15-8-14(24)5-6-17(15)33-9-13-3-4-13/h5-6,8,10-11,13,25,29H,3-4,7,9H2,1-2H3,(H,28,30)(H,31,32)/t11-/m1/s1. The Bertz CT molecular complexity index is 1250. The summed E-state index contributed by atoms with van der Waals surface area (Å²) in [5.74, 6) is -1.21. The lowest BCUT2D eigenvalue weighted by Gasteiger charge is -2.13. The summed E-state index contributed by atoms with van der Waals surface area (Å²) in [6.45, 7) is 3.88. The van der Waals surface area contributed by atoms with E-state index in [9.17, 15) is 14.0 Å². The molecular weight excluding hydrogens is 429 g/mol. The Labute approximate surface area is 188 Å². The Morgan fingerprint density at radius 2 is 2.12 bits per heavy atom. The van der Waals surface area contributed by atoms with Gasteiger partial charge in [0.2, 0.25) is 0 Å². The topological polar surface area (TPSA) is 141 Å². The SMILES string of the molecule is Cc1[nH]c2c(-c3cc(F)ccc3OCC3CC3)ncnc2c1C(=O)N[C@H](C)CC(=N)C(=O)O. The van der Waals surface area contributed by atoms with Gasteiger partial charge in [-0.3, -0.25) is 10.2 Å². The number of aromatic nitrogens is 3. The van der Waals surface area contributed by atoms with Crippen LogP contribution in [0.1, 0.15) is 42.2 Å². The number of carbonyl (C=O) groups is 2. The number of carboxylic acids is 1. The molecule has 9 nitrogen and oxygen atoms in total. The molecule has 1 aliphatic rings. The van der Waals surface area contributed by atoms with E-state index in [2.05, 4.69) is 20.3 Å². The van der Waals surface area contributed by atoms with Gasteiger partial charge in [0, 0.05) is 23.7 Å². The normalized spacial score (nSPS) is 14.2. The molecule has 3 aromatic rings. The molecule has 172 valence electrons. The number of carboxylic acid groups (broad SMARTS) is 1. The maximum absolute atomic E-state index is 14.1. The highest BCUT2D eigenvalue weighted by atomic mass is 19.1. The molecule has 0 bridgehead atoms. The number of ether oxygens (including phenoxy) is 1. The smallest absolute Gasteiger partial charge is 0.349 e. The molecule has 1 atom stereocenters. The minimum atomic E-state index is -1.33. The number of halogens is 1. The second kappa shape index (κ2) is 8.97. The fourth-order valence-corrected chi connectivity index (χ4v) is 3.65. The van der Waals surface area contributed by atoms with Gasteiger partial charge in [-0.05, 0) is 50.8 Å².